The number of sulfonamides is 1. The molecule has 1 saturated heterocycles. The maximum Gasteiger partial charge on any atom is 0.244 e. The Labute approximate surface area is 148 Å². The quantitative estimate of drug-likeness (QED) is 0.858. The molecule has 0 spiro atoms. The molecule has 1 amide bonds. The van der Waals surface area contributed by atoms with Crippen molar-refractivity contribution in [3.05, 3.63) is 29.8 Å². The van der Waals surface area contributed by atoms with Gasteiger partial charge in [-0.25, -0.2) is 13.4 Å². The van der Waals surface area contributed by atoms with E-state index in [9.17, 15) is 13.2 Å². The number of benzene rings is 1. The molecule has 2 aliphatic heterocycles. The van der Waals surface area contributed by atoms with Crippen molar-refractivity contribution in [2.45, 2.75) is 17.4 Å². The summed E-state index contributed by atoms with van der Waals surface area (Å²) in [6.45, 7) is 1.11. The molecule has 1 atom stereocenters. The molecule has 132 valence electrons. The van der Waals surface area contributed by atoms with Gasteiger partial charge < -0.3 is 14.8 Å². The van der Waals surface area contributed by atoms with Crippen molar-refractivity contribution in [1.29, 1.82) is 0 Å². The number of nitrogens with zero attached hydrogens (tertiary/aromatic N) is 2. The SMILES string of the molecule is O=C(Nc1nccs1)[C@H]1CCN1S(=O)(=O)c1ccc2c(c1)OCCO2. The van der Waals surface area contributed by atoms with Crippen LogP contribution in [-0.2, 0) is 14.8 Å². The average molecular weight is 381 g/mol. The molecule has 8 nitrogen and oxygen atoms in total. The van der Waals surface area contributed by atoms with E-state index in [-0.39, 0.29) is 10.8 Å². The molecule has 1 aromatic carbocycles. The first-order valence-electron chi connectivity index (χ1n) is 7.67. The highest BCUT2D eigenvalue weighted by atomic mass is 32.2. The summed E-state index contributed by atoms with van der Waals surface area (Å²) in [5.41, 5.74) is 0. The molecule has 0 aliphatic carbocycles. The van der Waals surface area contributed by atoms with Crippen LogP contribution in [0.25, 0.3) is 0 Å². The van der Waals surface area contributed by atoms with Crippen molar-refractivity contribution in [2.75, 3.05) is 25.1 Å². The molecule has 10 heteroatoms. The lowest BCUT2D eigenvalue weighted by molar-refractivity contribution is -0.122. The maximum atomic E-state index is 12.9. The summed E-state index contributed by atoms with van der Waals surface area (Å²) in [6.07, 6.45) is 2.05. The van der Waals surface area contributed by atoms with E-state index in [1.807, 2.05) is 0 Å². The fraction of sp³-hybridized carbons (Fsp3) is 0.333. The number of carbonyl (C=O) groups is 1. The Morgan fingerprint density at radius 3 is 2.76 bits per heavy atom. The molecule has 0 saturated carbocycles. The van der Waals surface area contributed by atoms with Crippen LogP contribution in [0.15, 0.2) is 34.7 Å². The van der Waals surface area contributed by atoms with Crippen molar-refractivity contribution < 1.29 is 22.7 Å². The Kier molecular flexibility index (Phi) is 4.10. The Morgan fingerprint density at radius 2 is 2.08 bits per heavy atom. The first kappa shape index (κ1) is 16.3. The Hall–Kier alpha value is -2.17. The molecule has 1 aromatic heterocycles. The van der Waals surface area contributed by atoms with Gasteiger partial charge in [-0.05, 0) is 18.6 Å². The lowest BCUT2D eigenvalue weighted by Crippen LogP contribution is -2.56. The molecule has 1 N–H and O–H groups in total. The highest BCUT2D eigenvalue weighted by Gasteiger charge is 2.43. The molecule has 4 rings (SSSR count). The van der Waals surface area contributed by atoms with E-state index in [1.54, 1.807) is 17.6 Å². The summed E-state index contributed by atoms with van der Waals surface area (Å²) in [7, 11) is -3.79. The van der Waals surface area contributed by atoms with Gasteiger partial charge in [0.05, 0.1) is 4.90 Å². The first-order valence-corrected chi connectivity index (χ1v) is 9.99. The van der Waals surface area contributed by atoms with Crippen molar-refractivity contribution >= 4 is 32.4 Å². The summed E-state index contributed by atoms with van der Waals surface area (Å²) < 4.78 is 37.8. The number of fused-ring (bicyclic) bond motifs is 1. The second kappa shape index (κ2) is 6.28. The number of aromatic nitrogens is 1. The number of ether oxygens (including phenoxy) is 2. The largest absolute Gasteiger partial charge is 0.486 e. The first-order chi connectivity index (χ1) is 12.1. The minimum absolute atomic E-state index is 0.0866. The number of hydrogen-bond acceptors (Lipinski definition) is 7. The third kappa shape index (κ3) is 2.96. The number of amides is 1. The summed E-state index contributed by atoms with van der Waals surface area (Å²) in [6, 6.07) is 3.75. The van der Waals surface area contributed by atoms with E-state index in [0.29, 0.717) is 42.8 Å². The average Bonchev–Trinajstić information content (AvgIpc) is 3.05. The predicted octanol–water partition coefficient (Wildman–Crippen LogP) is 1.32. The topological polar surface area (TPSA) is 97.8 Å². The molecule has 0 bridgehead atoms. The van der Waals surface area contributed by atoms with E-state index in [1.165, 1.54) is 27.8 Å². The molecule has 3 heterocycles. The summed E-state index contributed by atoms with van der Waals surface area (Å²) in [4.78, 5) is 16.4. The molecular formula is C15H15N3O5S2. The van der Waals surface area contributed by atoms with Gasteiger partial charge in [-0.1, -0.05) is 0 Å². The smallest absolute Gasteiger partial charge is 0.244 e. The second-order valence-electron chi connectivity index (χ2n) is 5.55. The van der Waals surface area contributed by atoms with Crippen molar-refractivity contribution in [2.24, 2.45) is 0 Å². The maximum absolute atomic E-state index is 12.9. The molecular weight excluding hydrogens is 366 g/mol. The lowest BCUT2D eigenvalue weighted by Gasteiger charge is -2.38. The van der Waals surface area contributed by atoms with E-state index in [0.717, 1.165) is 0 Å². The number of hydrogen-bond donors (Lipinski definition) is 1. The molecule has 2 aromatic rings. The normalized spacial score (nSPS) is 19.9. The van der Waals surface area contributed by atoms with Crippen LogP contribution >= 0.6 is 11.3 Å². The van der Waals surface area contributed by atoms with E-state index in [4.69, 9.17) is 9.47 Å². The van der Waals surface area contributed by atoms with Gasteiger partial charge in [0.2, 0.25) is 15.9 Å². The number of anilines is 1. The number of carbonyl (C=O) groups excluding carboxylic acids is 1. The van der Waals surface area contributed by atoms with Gasteiger partial charge in [0.25, 0.3) is 0 Å². The highest BCUT2D eigenvalue weighted by Crippen LogP contribution is 2.35. The third-order valence-corrected chi connectivity index (χ3v) is 6.65. The molecule has 0 radical (unpaired) electrons. The summed E-state index contributed by atoms with van der Waals surface area (Å²) in [5.74, 6) is 0.547. The molecule has 25 heavy (non-hydrogen) atoms. The van der Waals surface area contributed by atoms with Crippen LogP contribution in [-0.4, -0.2) is 49.4 Å². The molecule has 2 aliphatic rings. The third-order valence-electron chi connectivity index (χ3n) is 4.06. The van der Waals surface area contributed by atoms with E-state index in [2.05, 4.69) is 10.3 Å². The van der Waals surface area contributed by atoms with Gasteiger partial charge in [0.1, 0.15) is 19.3 Å². The van der Waals surface area contributed by atoms with Crippen LogP contribution in [0.4, 0.5) is 5.13 Å². The minimum atomic E-state index is -3.79. The van der Waals surface area contributed by atoms with Gasteiger partial charge in [-0.3, -0.25) is 4.79 Å². The van der Waals surface area contributed by atoms with Gasteiger partial charge in [0.15, 0.2) is 16.6 Å². The highest BCUT2D eigenvalue weighted by molar-refractivity contribution is 7.89. The van der Waals surface area contributed by atoms with Crippen LogP contribution in [0.2, 0.25) is 0 Å². The fourth-order valence-electron chi connectivity index (χ4n) is 2.71. The molecule has 1 fully saturated rings. The number of thiazole rings is 1. The Balaban J connectivity index is 1.55. The van der Waals surface area contributed by atoms with Crippen molar-refractivity contribution in [3.8, 4) is 11.5 Å². The van der Waals surface area contributed by atoms with E-state index < -0.39 is 16.1 Å². The van der Waals surface area contributed by atoms with Crippen LogP contribution in [0, 0.1) is 0 Å². The monoisotopic (exact) mass is 381 g/mol. The van der Waals surface area contributed by atoms with Crippen molar-refractivity contribution in [1.82, 2.24) is 9.29 Å². The standard InChI is InChI=1S/C15H15N3O5S2/c19-14(17-15-16-4-8-24-15)11-3-5-18(11)25(20,21)10-1-2-12-13(9-10)23-7-6-22-12/h1-2,4,8-9,11H,3,5-7H2,(H,16,17,19)/t11-/m1/s1. The zero-order valence-electron chi connectivity index (χ0n) is 13.0. The van der Waals surface area contributed by atoms with Crippen LogP contribution in [0.1, 0.15) is 6.42 Å². The van der Waals surface area contributed by atoms with Crippen LogP contribution in [0.3, 0.4) is 0 Å². The van der Waals surface area contributed by atoms with Crippen LogP contribution in [0.5, 0.6) is 11.5 Å². The Morgan fingerprint density at radius 1 is 1.28 bits per heavy atom. The van der Waals surface area contributed by atoms with E-state index >= 15 is 0 Å². The fourth-order valence-corrected chi connectivity index (χ4v) is 4.89. The summed E-state index contributed by atoms with van der Waals surface area (Å²) in [5, 5.41) is 4.83. The second-order valence-corrected chi connectivity index (χ2v) is 8.34. The summed E-state index contributed by atoms with van der Waals surface area (Å²) >= 11 is 1.28. The number of nitrogens with one attached hydrogen (secondary N) is 1. The minimum Gasteiger partial charge on any atom is -0.486 e. The van der Waals surface area contributed by atoms with Crippen LogP contribution < -0.4 is 14.8 Å². The van der Waals surface area contributed by atoms with Gasteiger partial charge >= 0.3 is 0 Å². The molecule has 0 unspecified atom stereocenters. The number of rotatable bonds is 4. The lowest BCUT2D eigenvalue weighted by atomic mass is 10.1. The zero-order valence-corrected chi connectivity index (χ0v) is 14.7. The van der Waals surface area contributed by atoms with Gasteiger partial charge in [0, 0.05) is 24.2 Å². The predicted molar refractivity (Wildman–Crippen MR) is 90.5 cm³/mol. The van der Waals surface area contributed by atoms with Gasteiger partial charge in [-0.15, -0.1) is 11.3 Å². The zero-order chi connectivity index (χ0) is 17.4. The van der Waals surface area contributed by atoms with Gasteiger partial charge in [-0.2, -0.15) is 4.31 Å². The Bertz CT molecular complexity index is 898. The van der Waals surface area contributed by atoms with Crippen molar-refractivity contribution in [3.63, 3.8) is 0 Å².